The third-order valence-corrected chi connectivity index (χ3v) is 5.27. The highest BCUT2D eigenvalue weighted by atomic mass is 16.4. The number of carboxylic acids is 1. The van der Waals surface area contributed by atoms with Crippen LogP contribution in [0.2, 0.25) is 0 Å². The van der Waals surface area contributed by atoms with Gasteiger partial charge in [0.25, 0.3) is 5.91 Å². The smallest absolute Gasteiger partial charge is 0.303 e. The highest BCUT2D eigenvalue weighted by molar-refractivity contribution is 6.05. The number of nitrogens with zero attached hydrogens (tertiary/aromatic N) is 1. The van der Waals surface area contributed by atoms with Gasteiger partial charge in [0.05, 0.1) is 0 Å². The number of hydrogen-bond donors (Lipinski definition) is 2. The molecule has 1 aromatic rings. The van der Waals surface area contributed by atoms with Gasteiger partial charge in [-0.2, -0.15) is 0 Å². The van der Waals surface area contributed by atoms with Crippen molar-refractivity contribution in [2.24, 2.45) is 0 Å². The van der Waals surface area contributed by atoms with Crippen LogP contribution in [0.15, 0.2) is 18.2 Å². The Morgan fingerprint density at radius 1 is 1.15 bits per heavy atom. The van der Waals surface area contributed by atoms with Gasteiger partial charge < -0.3 is 10.0 Å². The number of amides is 3. The van der Waals surface area contributed by atoms with Gasteiger partial charge >= 0.3 is 5.97 Å². The average Bonchev–Trinajstić information content (AvgIpc) is 2.95. The van der Waals surface area contributed by atoms with E-state index in [1.807, 2.05) is 12.1 Å². The van der Waals surface area contributed by atoms with Crippen LogP contribution in [0.4, 0.5) is 0 Å². The number of imide groups is 1. The molecule has 1 fully saturated rings. The molecule has 0 saturated carbocycles. The van der Waals surface area contributed by atoms with Crippen molar-refractivity contribution < 1.29 is 24.3 Å². The maximum absolute atomic E-state index is 12.8. The molecule has 0 radical (unpaired) electrons. The van der Waals surface area contributed by atoms with Crippen molar-refractivity contribution >= 4 is 23.7 Å². The highest BCUT2D eigenvalue weighted by Gasteiger charge is 2.39. The molecule has 2 heterocycles. The molecule has 2 N–H and O–H groups in total. The highest BCUT2D eigenvalue weighted by Crippen LogP contribution is 2.30. The van der Waals surface area contributed by atoms with Crippen LogP contribution in [-0.4, -0.2) is 39.7 Å². The van der Waals surface area contributed by atoms with Crippen LogP contribution in [0, 0.1) is 0 Å². The Morgan fingerprint density at radius 3 is 2.67 bits per heavy atom. The van der Waals surface area contributed by atoms with Gasteiger partial charge in [-0.1, -0.05) is 25.0 Å². The number of benzene rings is 1. The summed E-state index contributed by atoms with van der Waals surface area (Å²) in [5.74, 6) is -1.60. The zero-order valence-corrected chi connectivity index (χ0v) is 15.2. The Balaban J connectivity index is 1.61. The van der Waals surface area contributed by atoms with Crippen LogP contribution < -0.4 is 5.32 Å². The fourth-order valence-corrected chi connectivity index (χ4v) is 3.83. The second kappa shape index (κ2) is 8.33. The molecule has 2 aliphatic rings. The summed E-state index contributed by atoms with van der Waals surface area (Å²) < 4.78 is 0. The van der Waals surface area contributed by atoms with E-state index in [2.05, 4.69) is 5.32 Å². The first-order valence-corrected chi connectivity index (χ1v) is 9.44. The number of aliphatic carboxylic acids is 1. The molecule has 2 aliphatic heterocycles. The number of aryl methyl sites for hydroxylation is 1. The Kier molecular flexibility index (Phi) is 5.88. The van der Waals surface area contributed by atoms with Crippen molar-refractivity contribution in [3.8, 4) is 0 Å². The molecule has 7 nitrogen and oxygen atoms in total. The molecule has 3 amide bonds. The number of unbranched alkanes of at least 4 members (excludes halogenated alkanes) is 3. The number of carbonyl (C=O) groups is 4. The van der Waals surface area contributed by atoms with E-state index in [0.717, 1.165) is 36.8 Å². The van der Waals surface area contributed by atoms with Gasteiger partial charge in [-0.15, -0.1) is 0 Å². The minimum absolute atomic E-state index is 0.150. The number of rotatable bonds is 8. The molecule has 27 heavy (non-hydrogen) atoms. The fourth-order valence-electron chi connectivity index (χ4n) is 3.83. The average molecular weight is 372 g/mol. The first-order chi connectivity index (χ1) is 13.0. The van der Waals surface area contributed by atoms with Crippen molar-refractivity contribution in [1.29, 1.82) is 0 Å². The van der Waals surface area contributed by atoms with Gasteiger partial charge in [-0.25, -0.2) is 0 Å². The third kappa shape index (κ3) is 4.35. The zero-order valence-electron chi connectivity index (χ0n) is 15.2. The van der Waals surface area contributed by atoms with Crippen LogP contribution in [0.25, 0.3) is 0 Å². The number of carbonyl (C=O) groups excluding carboxylic acids is 3. The maximum Gasteiger partial charge on any atom is 0.303 e. The Labute approximate surface area is 157 Å². The summed E-state index contributed by atoms with van der Waals surface area (Å²) in [7, 11) is 0. The van der Waals surface area contributed by atoms with E-state index in [0.29, 0.717) is 24.9 Å². The van der Waals surface area contributed by atoms with Crippen LogP contribution in [-0.2, 0) is 27.3 Å². The molecule has 1 saturated heterocycles. The lowest BCUT2D eigenvalue weighted by Crippen LogP contribution is -2.52. The summed E-state index contributed by atoms with van der Waals surface area (Å²) in [6.07, 6.45) is 5.09. The van der Waals surface area contributed by atoms with Crippen LogP contribution in [0.1, 0.15) is 66.4 Å². The van der Waals surface area contributed by atoms with E-state index < -0.39 is 17.9 Å². The van der Waals surface area contributed by atoms with E-state index in [4.69, 9.17) is 5.11 Å². The molecule has 1 atom stereocenters. The molecule has 0 aromatic heterocycles. The second-order valence-electron chi connectivity index (χ2n) is 7.15. The quantitative estimate of drug-likeness (QED) is 0.537. The topological polar surface area (TPSA) is 104 Å². The van der Waals surface area contributed by atoms with E-state index in [-0.39, 0.29) is 24.7 Å². The minimum atomic E-state index is -0.761. The van der Waals surface area contributed by atoms with Gasteiger partial charge in [-0.05, 0) is 42.9 Å². The zero-order chi connectivity index (χ0) is 19.4. The van der Waals surface area contributed by atoms with E-state index in [1.165, 1.54) is 0 Å². The molecule has 0 aliphatic carbocycles. The summed E-state index contributed by atoms with van der Waals surface area (Å²) in [6, 6.07) is 5.08. The standard InChI is InChI=1S/C20H24N2O5/c23-17-11-10-16(19(26)21-17)22-12-15-13(7-5-8-14(15)20(22)27)6-3-1-2-4-9-18(24)25/h5,7-8,16H,1-4,6,9-12H2,(H,24,25)(H,21,23,26). The largest absolute Gasteiger partial charge is 0.481 e. The van der Waals surface area contributed by atoms with Crippen molar-refractivity contribution in [2.75, 3.05) is 0 Å². The molecule has 1 unspecified atom stereocenters. The van der Waals surface area contributed by atoms with Crippen LogP contribution in [0.5, 0.6) is 0 Å². The summed E-state index contributed by atoms with van der Waals surface area (Å²) in [6.45, 7) is 0.398. The lowest BCUT2D eigenvalue weighted by Gasteiger charge is -2.29. The lowest BCUT2D eigenvalue weighted by molar-refractivity contribution is -0.138. The molecular weight excluding hydrogens is 348 g/mol. The molecule has 1 aromatic carbocycles. The van der Waals surface area contributed by atoms with Gasteiger partial charge in [0.1, 0.15) is 6.04 Å². The van der Waals surface area contributed by atoms with E-state index in [1.54, 1.807) is 11.0 Å². The van der Waals surface area contributed by atoms with E-state index >= 15 is 0 Å². The first kappa shape index (κ1) is 19.1. The Hall–Kier alpha value is -2.70. The van der Waals surface area contributed by atoms with Crippen molar-refractivity contribution in [1.82, 2.24) is 10.2 Å². The normalized spacial score (nSPS) is 19.2. The number of hydrogen-bond acceptors (Lipinski definition) is 4. The molecule has 0 bridgehead atoms. The predicted octanol–water partition coefficient (Wildman–Crippen LogP) is 2.03. The van der Waals surface area contributed by atoms with Crippen LogP contribution >= 0.6 is 0 Å². The third-order valence-electron chi connectivity index (χ3n) is 5.27. The molecule has 144 valence electrons. The number of carboxylic acid groups (broad SMARTS) is 1. The summed E-state index contributed by atoms with van der Waals surface area (Å²) in [4.78, 5) is 48.3. The first-order valence-electron chi connectivity index (χ1n) is 9.44. The SMILES string of the molecule is O=C(O)CCCCCCc1cccc2c1CN(C1CCC(=O)NC1=O)C2=O. The van der Waals surface area contributed by atoms with Crippen molar-refractivity contribution in [3.05, 3.63) is 34.9 Å². The van der Waals surface area contributed by atoms with Gasteiger partial charge in [0.15, 0.2) is 0 Å². The van der Waals surface area contributed by atoms with Gasteiger partial charge in [0, 0.05) is 24.9 Å². The van der Waals surface area contributed by atoms with Crippen molar-refractivity contribution in [2.45, 2.75) is 64.0 Å². The number of piperidine rings is 1. The van der Waals surface area contributed by atoms with E-state index in [9.17, 15) is 19.2 Å². The summed E-state index contributed by atoms with van der Waals surface area (Å²) in [5, 5.41) is 11.0. The Morgan fingerprint density at radius 2 is 1.93 bits per heavy atom. The number of fused-ring (bicyclic) bond motifs is 1. The maximum atomic E-state index is 12.8. The second-order valence-corrected chi connectivity index (χ2v) is 7.15. The Bertz CT molecular complexity index is 774. The molecule has 7 heteroatoms. The predicted molar refractivity (Wildman–Crippen MR) is 96.9 cm³/mol. The molecular formula is C20H24N2O5. The number of nitrogens with one attached hydrogen (secondary N) is 1. The van der Waals surface area contributed by atoms with Gasteiger partial charge in [0.2, 0.25) is 11.8 Å². The van der Waals surface area contributed by atoms with Gasteiger partial charge in [-0.3, -0.25) is 24.5 Å². The molecule has 3 rings (SSSR count). The van der Waals surface area contributed by atoms with Crippen molar-refractivity contribution in [3.63, 3.8) is 0 Å². The lowest BCUT2D eigenvalue weighted by atomic mass is 9.98. The van der Waals surface area contributed by atoms with Crippen LogP contribution in [0.3, 0.4) is 0 Å². The summed E-state index contributed by atoms with van der Waals surface area (Å²) >= 11 is 0. The summed E-state index contributed by atoms with van der Waals surface area (Å²) in [5.41, 5.74) is 2.72. The molecule has 0 spiro atoms. The monoisotopic (exact) mass is 372 g/mol. The fraction of sp³-hybridized carbons (Fsp3) is 0.500. The minimum Gasteiger partial charge on any atom is -0.481 e.